The first-order valence-electron chi connectivity index (χ1n) is 7.81. The van der Waals surface area contributed by atoms with Gasteiger partial charge in [-0.2, -0.15) is 0 Å². The minimum absolute atomic E-state index is 0.0252. The minimum Gasteiger partial charge on any atom is -0.324 e. The molecule has 10 heteroatoms. The fourth-order valence-electron chi connectivity index (χ4n) is 2.52. The Morgan fingerprint density at radius 1 is 1.26 bits per heavy atom. The van der Waals surface area contributed by atoms with Crippen LogP contribution in [0.2, 0.25) is 5.02 Å². The van der Waals surface area contributed by atoms with Crippen molar-refractivity contribution >= 4 is 44.6 Å². The van der Waals surface area contributed by atoms with Crippen LogP contribution in [0.15, 0.2) is 42.5 Å². The molecule has 0 aromatic heterocycles. The van der Waals surface area contributed by atoms with Gasteiger partial charge in [0, 0.05) is 22.8 Å². The van der Waals surface area contributed by atoms with Crippen LogP contribution in [0.4, 0.5) is 17.1 Å². The number of halogens is 1. The molecule has 1 atom stereocenters. The van der Waals surface area contributed by atoms with Gasteiger partial charge in [0.05, 0.1) is 16.9 Å². The van der Waals surface area contributed by atoms with Gasteiger partial charge in [0.25, 0.3) is 5.69 Å². The predicted octanol–water partition coefficient (Wildman–Crippen LogP) is 3.35. The summed E-state index contributed by atoms with van der Waals surface area (Å²) in [4.78, 5) is 23.0. The van der Waals surface area contributed by atoms with E-state index in [1.165, 1.54) is 25.1 Å². The maximum absolute atomic E-state index is 12.7. The summed E-state index contributed by atoms with van der Waals surface area (Å²) in [6, 6.07) is 8.89. The highest BCUT2D eigenvalue weighted by atomic mass is 35.5. The van der Waals surface area contributed by atoms with Gasteiger partial charge < -0.3 is 5.32 Å². The number of nitro benzene ring substituents is 1. The SMILES string of the molecule is Cc1ccc(Cl)cc1NC(=O)[C@@H](C)N(c1cccc([N+](=O)[O-])c1)S(C)(=O)=O. The number of anilines is 2. The summed E-state index contributed by atoms with van der Waals surface area (Å²) in [5.41, 5.74) is 0.949. The first kappa shape index (κ1) is 20.7. The van der Waals surface area contributed by atoms with Gasteiger partial charge >= 0.3 is 0 Å². The highest BCUT2D eigenvalue weighted by molar-refractivity contribution is 7.92. The Labute approximate surface area is 162 Å². The second-order valence-corrected chi connectivity index (χ2v) is 8.26. The van der Waals surface area contributed by atoms with E-state index >= 15 is 0 Å². The molecule has 0 saturated heterocycles. The number of aryl methyl sites for hydroxylation is 1. The Balaban J connectivity index is 2.39. The number of nitrogens with one attached hydrogen (secondary N) is 1. The molecule has 2 rings (SSSR count). The number of sulfonamides is 1. The lowest BCUT2D eigenvalue weighted by Crippen LogP contribution is -2.45. The highest BCUT2D eigenvalue weighted by Crippen LogP contribution is 2.26. The Hall–Kier alpha value is -2.65. The van der Waals surface area contributed by atoms with Crippen LogP contribution in [0.5, 0.6) is 0 Å². The zero-order valence-electron chi connectivity index (χ0n) is 14.8. The third kappa shape index (κ3) is 4.95. The van der Waals surface area contributed by atoms with E-state index in [1.807, 2.05) is 0 Å². The molecule has 0 heterocycles. The topological polar surface area (TPSA) is 110 Å². The van der Waals surface area contributed by atoms with Crippen LogP contribution in [-0.2, 0) is 14.8 Å². The molecule has 1 amide bonds. The molecule has 144 valence electrons. The molecule has 0 unspecified atom stereocenters. The molecule has 0 saturated carbocycles. The molecule has 2 aromatic carbocycles. The molecule has 0 aliphatic heterocycles. The maximum Gasteiger partial charge on any atom is 0.271 e. The summed E-state index contributed by atoms with van der Waals surface area (Å²) in [7, 11) is -3.89. The van der Waals surface area contributed by atoms with E-state index in [2.05, 4.69) is 5.32 Å². The summed E-state index contributed by atoms with van der Waals surface area (Å²) >= 11 is 5.94. The van der Waals surface area contributed by atoms with Gasteiger partial charge in [-0.25, -0.2) is 8.42 Å². The molecule has 0 radical (unpaired) electrons. The van der Waals surface area contributed by atoms with Crippen LogP contribution >= 0.6 is 11.6 Å². The maximum atomic E-state index is 12.7. The number of hydrogen-bond donors (Lipinski definition) is 1. The smallest absolute Gasteiger partial charge is 0.271 e. The van der Waals surface area contributed by atoms with E-state index in [-0.39, 0.29) is 11.4 Å². The number of rotatable bonds is 6. The molecule has 1 N–H and O–H groups in total. The van der Waals surface area contributed by atoms with Crippen molar-refractivity contribution in [3.8, 4) is 0 Å². The lowest BCUT2D eigenvalue weighted by Gasteiger charge is -2.28. The van der Waals surface area contributed by atoms with Gasteiger partial charge in [0.2, 0.25) is 15.9 Å². The average Bonchev–Trinajstić information content (AvgIpc) is 2.57. The second-order valence-electron chi connectivity index (χ2n) is 5.96. The van der Waals surface area contributed by atoms with Gasteiger partial charge in [0.1, 0.15) is 6.04 Å². The standard InChI is InChI=1S/C17H18ClN3O5S/c1-11-7-8-13(18)9-16(11)19-17(22)12(2)20(27(3,25)26)14-5-4-6-15(10-14)21(23)24/h4-10,12H,1-3H3,(H,19,22)/t12-/m1/s1. The summed E-state index contributed by atoms with van der Waals surface area (Å²) in [6.45, 7) is 3.17. The largest absolute Gasteiger partial charge is 0.324 e. The number of carbonyl (C=O) groups excluding carboxylic acids is 1. The quantitative estimate of drug-likeness (QED) is 0.579. The summed E-state index contributed by atoms with van der Waals surface area (Å²) in [5, 5.41) is 14.1. The third-order valence-corrected chi connectivity index (χ3v) is 5.32. The fraction of sp³-hybridized carbons (Fsp3) is 0.235. The van der Waals surface area contributed by atoms with Crippen LogP contribution in [-0.4, -0.2) is 31.5 Å². The molecule has 0 bridgehead atoms. The number of nitrogens with zero attached hydrogens (tertiary/aromatic N) is 2. The summed E-state index contributed by atoms with van der Waals surface area (Å²) in [5.74, 6) is -0.600. The zero-order valence-corrected chi connectivity index (χ0v) is 16.4. The van der Waals surface area contributed by atoms with Crippen molar-refractivity contribution < 1.29 is 18.1 Å². The molecule has 2 aromatic rings. The molecule has 0 aliphatic carbocycles. The van der Waals surface area contributed by atoms with E-state index < -0.39 is 26.9 Å². The van der Waals surface area contributed by atoms with E-state index in [4.69, 9.17) is 11.6 Å². The van der Waals surface area contributed by atoms with Crippen LogP contribution in [0, 0.1) is 17.0 Å². The number of non-ortho nitro benzene ring substituents is 1. The van der Waals surface area contributed by atoms with Gasteiger partial charge in [-0.3, -0.25) is 19.2 Å². The van der Waals surface area contributed by atoms with E-state index in [1.54, 1.807) is 25.1 Å². The molecular formula is C17H18ClN3O5S. The molecule has 0 spiro atoms. The number of amides is 1. The van der Waals surface area contributed by atoms with Crippen molar-refractivity contribution in [3.05, 3.63) is 63.2 Å². The van der Waals surface area contributed by atoms with Crippen LogP contribution in [0.3, 0.4) is 0 Å². The van der Waals surface area contributed by atoms with Crippen molar-refractivity contribution in [2.75, 3.05) is 15.9 Å². The lowest BCUT2D eigenvalue weighted by atomic mass is 10.2. The molecule has 0 fully saturated rings. The Kier molecular flexibility index (Phi) is 6.07. The number of benzene rings is 2. The van der Waals surface area contributed by atoms with Gasteiger partial charge in [-0.15, -0.1) is 0 Å². The first-order valence-corrected chi connectivity index (χ1v) is 10.0. The summed E-state index contributed by atoms with van der Waals surface area (Å²) < 4.78 is 25.4. The van der Waals surface area contributed by atoms with Crippen molar-refractivity contribution in [2.24, 2.45) is 0 Å². The number of hydrogen-bond acceptors (Lipinski definition) is 5. The van der Waals surface area contributed by atoms with E-state index in [0.29, 0.717) is 10.7 Å². The highest BCUT2D eigenvalue weighted by Gasteiger charge is 2.30. The normalized spacial score (nSPS) is 12.3. The van der Waals surface area contributed by atoms with Gasteiger partial charge in [-0.05, 0) is 37.6 Å². The number of carbonyl (C=O) groups is 1. The molecule has 8 nitrogen and oxygen atoms in total. The summed E-state index contributed by atoms with van der Waals surface area (Å²) in [6.07, 6.45) is 0.931. The predicted molar refractivity (Wildman–Crippen MR) is 105 cm³/mol. The Morgan fingerprint density at radius 3 is 2.52 bits per heavy atom. The Bertz CT molecular complexity index is 994. The zero-order chi connectivity index (χ0) is 20.4. The molecule has 27 heavy (non-hydrogen) atoms. The van der Waals surface area contributed by atoms with Crippen LogP contribution in [0.25, 0.3) is 0 Å². The monoisotopic (exact) mass is 411 g/mol. The molecular weight excluding hydrogens is 394 g/mol. The van der Waals surface area contributed by atoms with Crippen LogP contribution in [0.1, 0.15) is 12.5 Å². The van der Waals surface area contributed by atoms with Crippen molar-refractivity contribution in [3.63, 3.8) is 0 Å². The Morgan fingerprint density at radius 2 is 1.93 bits per heavy atom. The minimum atomic E-state index is -3.89. The van der Waals surface area contributed by atoms with Crippen molar-refractivity contribution in [1.82, 2.24) is 0 Å². The van der Waals surface area contributed by atoms with Crippen molar-refractivity contribution in [2.45, 2.75) is 19.9 Å². The van der Waals surface area contributed by atoms with Gasteiger partial charge in [-0.1, -0.05) is 23.7 Å². The van der Waals surface area contributed by atoms with Crippen molar-refractivity contribution in [1.29, 1.82) is 0 Å². The van der Waals surface area contributed by atoms with Gasteiger partial charge in [0.15, 0.2) is 0 Å². The fourth-order valence-corrected chi connectivity index (χ4v) is 3.86. The average molecular weight is 412 g/mol. The molecule has 0 aliphatic rings. The van der Waals surface area contributed by atoms with E-state index in [9.17, 15) is 23.3 Å². The lowest BCUT2D eigenvalue weighted by molar-refractivity contribution is -0.384. The van der Waals surface area contributed by atoms with Crippen LogP contribution < -0.4 is 9.62 Å². The number of nitro groups is 1. The third-order valence-electron chi connectivity index (χ3n) is 3.84. The van der Waals surface area contributed by atoms with E-state index in [0.717, 1.165) is 22.2 Å². The second kappa shape index (κ2) is 7.93. The first-order chi connectivity index (χ1) is 12.5.